The van der Waals surface area contributed by atoms with Gasteiger partial charge in [-0.1, -0.05) is 48.7 Å². The molecule has 1 fully saturated rings. The highest BCUT2D eigenvalue weighted by Gasteiger charge is 2.30. The summed E-state index contributed by atoms with van der Waals surface area (Å²) in [5.41, 5.74) is 1.23. The Morgan fingerprint density at radius 2 is 1.61 bits per heavy atom. The molecule has 0 spiro atoms. The maximum atomic E-state index is 13.8. The number of rotatable bonds is 7. The molecule has 9 heteroatoms. The fraction of sp³-hybridized carbons (Fsp3) is 0.222. The Labute approximate surface area is 211 Å². The number of fused-ring (bicyclic) bond motifs is 1. The second kappa shape index (κ2) is 9.55. The van der Waals surface area contributed by atoms with E-state index in [1.165, 1.54) is 30.5 Å². The van der Waals surface area contributed by atoms with Crippen molar-refractivity contribution in [3.8, 4) is 0 Å². The van der Waals surface area contributed by atoms with Crippen molar-refractivity contribution in [1.29, 1.82) is 0 Å². The van der Waals surface area contributed by atoms with Gasteiger partial charge in [-0.15, -0.1) is 0 Å². The Morgan fingerprint density at radius 1 is 0.917 bits per heavy atom. The van der Waals surface area contributed by atoms with Crippen LogP contribution >= 0.6 is 0 Å². The summed E-state index contributed by atoms with van der Waals surface area (Å²) in [5, 5.41) is 0.556. The van der Waals surface area contributed by atoms with Gasteiger partial charge in [-0.3, -0.25) is 0 Å². The molecule has 2 aromatic heterocycles. The minimum atomic E-state index is -4.23. The van der Waals surface area contributed by atoms with Crippen molar-refractivity contribution < 1.29 is 21.0 Å². The number of hydrogen-bond acceptors (Lipinski definition) is 6. The minimum Gasteiger partial charge on any atom is -0.377 e. The molecule has 1 saturated carbocycles. The van der Waals surface area contributed by atoms with Gasteiger partial charge in [0.1, 0.15) is 10.6 Å². The highest BCUT2D eigenvalue weighted by Crippen LogP contribution is 2.35. The lowest BCUT2D eigenvalue weighted by molar-refractivity contribution is 0.457. The van der Waals surface area contributed by atoms with E-state index in [1.54, 1.807) is 54.6 Å². The molecule has 2 aromatic carbocycles. The molecular formula is C27H26N2O5S2. The van der Waals surface area contributed by atoms with Crippen LogP contribution in [-0.4, -0.2) is 25.8 Å². The summed E-state index contributed by atoms with van der Waals surface area (Å²) in [7, 11) is -8.35. The lowest BCUT2D eigenvalue weighted by Crippen LogP contribution is -2.18. The summed E-state index contributed by atoms with van der Waals surface area (Å²) in [6.45, 7) is 1.86. The van der Waals surface area contributed by atoms with Crippen LogP contribution in [0.5, 0.6) is 0 Å². The molecule has 5 rings (SSSR count). The summed E-state index contributed by atoms with van der Waals surface area (Å²) in [4.78, 5) is 4.39. The molecular weight excluding hydrogens is 496 g/mol. The van der Waals surface area contributed by atoms with Gasteiger partial charge in [0.15, 0.2) is 11.4 Å². The predicted molar refractivity (Wildman–Crippen MR) is 138 cm³/mol. The first-order chi connectivity index (χ1) is 17.3. The van der Waals surface area contributed by atoms with Crippen LogP contribution in [0.2, 0.25) is 0 Å². The van der Waals surface area contributed by atoms with Crippen LogP contribution in [-0.2, 0) is 24.3 Å². The average molecular weight is 523 g/mol. The summed E-state index contributed by atoms with van der Waals surface area (Å²) < 4.78 is 61.1. The largest absolute Gasteiger partial charge is 0.377 e. The maximum Gasteiger partial charge on any atom is 0.339 e. The first-order valence-electron chi connectivity index (χ1n) is 11.8. The zero-order valence-electron chi connectivity index (χ0n) is 19.7. The Kier molecular flexibility index (Phi) is 6.44. The third-order valence-corrected chi connectivity index (χ3v) is 9.32. The zero-order valence-corrected chi connectivity index (χ0v) is 21.4. The number of aromatic nitrogens is 2. The molecule has 0 bridgehead atoms. The number of nitrogens with zero attached hydrogens (tertiary/aromatic N) is 2. The van der Waals surface area contributed by atoms with E-state index in [-0.39, 0.29) is 32.8 Å². The van der Waals surface area contributed by atoms with Crippen LogP contribution in [0.3, 0.4) is 0 Å². The van der Waals surface area contributed by atoms with Gasteiger partial charge in [0.05, 0.1) is 4.90 Å². The molecule has 1 aliphatic carbocycles. The highest BCUT2D eigenvalue weighted by molar-refractivity contribution is 7.90. The van der Waals surface area contributed by atoms with E-state index in [4.69, 9.17) is 4.18 Å². The predicted octanol–water partition coefficient (Wildman–Crippen LogP) is 5.52. The van der Waals surface area contributed by atoms with Crippen molar-refractivity contribution in [2.45, 2.75) is 42.4 Å². The molecule has 0 N–H and O–H groups in total. The van der Waals surface area contributed by atoms with Crippen molar-refractivity contribution in [2.75, 3.05) is 0 Å². The van der Waals surface area contributed by atoms with E-state index in [1.807, 2.05) is 6.92 Å². The van der Waals surface area contributed by atoms with Crippen molar-refractivity contribution in [3.05, 3.63) is 96.3 Å². The van der Waals surface area contributed by atoms with Crippen molar-refractivity contribution in [3.63, 3.8) is 0 Å². The summed E-state index contributed by atoms with van der Waals surface area (Å²) in [5.74, 6) is 0.0621. The summed E-state index contributed by atoms with van der Waals surface area (Å²) in [6, 6.07) is 19.4. The molecule has 0 radical (unpaired) electrons. The number of aryl methyl sites for hydroxylation is 1. The summed E-state index contributed by atoms with van der Waals surface area (Å²) in [6.07, 6.45) is 7.05. The number of hydrogen-bond donors (Lipinski definition) is 0. The topological polar surface area (TPSA) is 95.3 Å². The van der Waals surface area contributed by atoms with E-state index in [0.717, 1.165) is 35.2 Å². The molecule has 1 aliphatic rings. The molecule has 0 amide bonds. The monoisotopic (exact) mass is 522 g/mol. The van der Waals surface area contributed by atoms with Crippen LogP contribution in [0.15, 0.2) is 94.9 Å². The Hall–Kier alpha value is -3.43. The molecule has 186 valence electrons. The van der Waals surface area contributed by atoms with E-state index < -0.39 is 20.1 Å². The average Bonchev–Trinajstić information content (AvgIpc) is 3.52. The van der Waals surface area contributed by atoms with Crippen molar-refractivity contribution in [2.24, 2.45) is 5.92 Å². The van der Waals surface area contributed by atoms with Crippen LogP contribution in [0.4, 0.5) is 0 Å². The van der Waals surface area contributed by atoms with Crippen LogP contribution in [0, 0.1) is 12.8 Å². The van der Waals surface area contributed by atoms with Crippen molar-refractivity contribution >= 4 is 36.9 Å². The van der Waals surface area contributed by atoms with Crippen LogP contribution < -0.4 is 0 Å². The van der Waals surface area contributed by atoms with E-state index >= 15 is 0 Å². The fourth-order valence-electron chi connectivity index (χ4n) is 4.49. The first-order valence-corrected chi connectivity index (χ1v) is 14.6. The van der Waals surface area contributed by atoms with Gasteiger partial charge in [-0.2, -0.15) is 8.42 Å². The molecule has 7 nitrogen and oxygen atoms in total. The lowest BCUT2D eigenvalue weighted by atomic mass is 10.1. The van der Waals surface area contributed by atoms with Crippen LogP contribution in [0.1, 0.15) is 36.9 Å². The fourth-order valence-corrected chi connectivity index (χ4v) is 6.93. The highest BCUT2D eigenvalue weighted by atomic mass is 32.2. The van der Waals surface area contributed by atoms with E-state index in [0.29, 0.717) is 5.39 Å². The van der Waals surface area contributed by atoms with Crippen molar-refractivity contribution in [1.82, 2.24) is 8.96 Å². The normalized spacial score (nSPS) is 15.4. The summed E-state index contributed by atoms with van der Waals surface area (Å²) >= 11 is 0. The van der Waals surface area contributed by atoms with Gasteiger partial charge in [-0.25, -0.2) is 17.4 Å². The molecule has 0 aliphatic heterocycles. The number of benzene rings is 2. The van der Waals surface area contributed by atoms with Crippen LogP contribution in [0.25, 0.3) is 16.8 Å². The second-order valence-electron chi connectivity index (χ2n) is 8.95. The quantitative estimate of drug-likeness (QED) is 0.234. The first kappa shape index (κ1) is 24.3. The van der Waals surface area contributed by atoms with E-state index in [9.17, 15) is 16.8 Å². The SMILES string of the molecule is Cc1ccc(S(=O)(=O)O/C(=C\C2CCCC2)c2cc3cccnc3n2S(=O)(=O)c2ccccc2)cc1. The van der Waals surface area contributed by atoms with Gasteiger partial charge in [0.2, 0.25) is 0 Å². The van der Waals surface area contributed by atoms with Gasteiger partial charge >= 0.3 is 10.1 Å². The Bertz CT molecular complexity index is 1630. The number of allylic oxidation sites excluding steroid dienone is 1. The molecule has 0 atom stereocenters. The second-order valence-corrected chi connectivity index (χ2v) is 12.3. The Balaban J connectivity index is 1.71. The minimum absolute atomic E-state index is 0.00266. The lowest BCUT2D eigenvalue weighted by Gasteiger charge is -2.16. The van der Waals surface area contributed by atoms with Gasteiger partial charge in [0.25, 0.3) is 10.0 Å². The Morgan fingerprint density at radius 3 is 2.31 bits per heavy atom. The standard InChI is InChI=1S/C27H26N2O5S2/c1-20-13-15-24(16-14-20)36(32,33)34-26(18-21-8-5-6-9-21)25-19-22-10-7-17-28-27(22)29(25)35(30,31)23-11-3-2-4-12-23/h2-4,7,10-19,21H,5-6,8-9H2,1H3/b26-18-. The smallest absolute Gasteiger partial charge is 0.339 e. The third kappa shape index (κ3) is 4.68. The molecule has 0 saturated heterocycles. The van der Waals surface area contributed by atoms with Gasteiger partial charge in [0, 0.05) is 11.6 Å². The number of pyridine rings is 1. The van der Waals surface area contributed by atoms with Gasteiger partial charge in [-0.05, 0) is 74.2 Å². The molecule has 2 heterocycles. The van der Waals surface area contributed by atoms with Gasteiger partial charge < -0.3 is 4.18 Å². The molecule has 0 unspecified atom stereocenters. The third-order valence-electron chi connectivity index (χ3n) is 6.35. The van der Waals surface area contributed by atoms with E-state index in [2.05, 4.69) is 4.98 Å². The molecule has 4 aromatic rings. The molecule has 36 heavy (non-hydrogen) atoms. The zero-order chi connectivity index (χ0) is 25.3. The maximum absolute atomic E-state index is 13.8.